The largest absolute Gasteiger partial charge is 0.394 e. The summed E-state index contributed by atoms with van der Waals surface area (Å²) in [5.41, 5.74) is 4.73. The molecule has 0 unspecified atom stereocenters. The van der Waals surface area contributed by atoms with E-state index in [9.17, 15) is 0 Å². The number of hydrogen-bond acceptors (Lipinski definition) is 3. The maximum atomic E-state index is 8.67. The molecule has 0 aromatic carbocycles. The summed E-state index contributed by atoms with van der Waals surface area (Å²) in [5, 5.41) is 17.3. The lowest BCUT2D eigenvalue weighted by atomic mass is 9.89. The van der Waals surface area contributed by atoms with Crippen LogP contribution in [0, 0.1) is 5.92 Å². The van der Waals surface area contributed by atoms with E-state index in [0.717, 1.165) is 0 Å². The maximum absolute atomic E-state index is 8.67. The van der Waals surface area contributed by atoms with Gasteiger partial charge in [0.2, 0.25) is 0 Å². The molecule has 3 nitrogen and oxygen atoms in total. The van der Waals surface area contributed by atoms with Crippen molar-refractivity contribution in [3.8, 4) is 0 Å². The average Bonchev–Trinajstić information content (AvgIpc) is 1.86. The van der Waals surface area contributed by atoms with Crippen LogP contribution in [0.3, 0.4) is 0 Å². The molecule has 0 aliphatic rings. The molecular weight excluding hydrogens is 118 g/mol. The summed E-state index contributed by atoms with van der Waals surface area (Å²) in [4.78, 5) is 0. The molecule has 0 rings (SSSR count). The predicted molar refractivity (Wildman–Crippen MR) is 35.9 cm³/mol. The summed E-state index contributed by atoms with van der Waals surface area (Å²) in [6.45, 7) is 3.40. The van der Waals surface area contributed by atoms with E-state index in [1.54, 1.807) is 0 Å². The lowest BCUT2D eigenvalue weighted by Gasteiger charge is -2.28. The van der Waals surface area contributed by atoms with Crippen molar-refractivity contribution >= 4 is 0 Å². The number of rotatable bonds is 3. The standard InChI is InChI=1S/C6H15NO2/c1-5(2)6(7,3-8)4-9/h5,8-9H,3-4,7H2,1-2H3. The molecule has 0 aromatic rings. The molecule has 0 heterocycles. The summed E-state index contributed by atoms with van der Waals surface area (Å²) in [6, 6.07) is 0. The van der Waals surface area contributed by atoms with E-state index in [4.69, 9.17) is 15.9 Å². The monoisotopic (exact) mass is 133 g/mol. The van der Waals surface area contributed by atoms with Crippen LogP contribution in [0.15, 0.2) is 0 Å². The van der Waals surface area contributed by atoms with E-state index < -0.39 is 5.54 Å². The second kappa shape index (κ2) is 3.15. The number of aliphatic hydroxyl groups is 2. The van der Waals surface area contributed by atoms with Crippen molar-refractivity contribution < 1.29 is 10.2 Å². The average molecular weight is 133 g/mol. The van der Waals surface area contributed by atoms with Crippen LogP contribution < -0.4 is 5.73 Å². The lowest BCUT2D eigenvalue weighted by molar-refractivity contribution is 0.0875. The molecule has 0 bridgehead atoms. The van der Waals surface area contributed by atoms with Crippen molar-refractivity contribution in [3.05, 3.63) is 0 Å². The van der Waals surface area contributed by atoms with Crippen LogP contribution in [-0.4, -0.2) is 29.0 Å². The fourth-order valence-electron chi connectivity index (χ4n) is 0.415. The third-order valence-corrected chi connectivity index (χ3v) is 1.74. The van der Waals surface area contributed by atoms with Crippen LogP contribution in [0.2, 0.25) is 0 Å². The number of hydrogen-bond donors (Lipinski definition) is 3. The van der Waals surface area contributed by atoms with Gasteiger partial charge in [0, 0.05) is 0 Å². The zero-order valence-electron chi connectivity index (χ0n) is 5.96. The van der Waals surface area contributed by atoms with Crippen LogP contribution in [0.4, 0.5) is 0 Å². The molecule has 0 aliphatic carbocycles. The van der Waals surface area contributed by atoms with Gasteiger partial charge in [0.05, 0.1) is 18.8 Å². The second-order valence-corrected chi connectivity index (χ2v) is 2.70. The van der Waals surface area contributed by atoms with Crippen molar-refractivity contribution in [2.24, 2.45) is 11.7 Å². The van der Waals surface area contributed by atoms with Gasteiger partial charge in [-0.15, -0.1) is 0 Å². The topological polar surface area (TPSA) is 66.5 Å². The highest BCUT2D eigenvalue weighted by Crippen LogP contribution is 2.11. The summed E-state index contributed by atoms with van der Waals surface area (Å²) in [6.07, 6.45) is 0. The van der Waals surface area contributed by atoms with Crippen LogP contribution in [0.1, 0.15) is 13.8 Å². The minimum Gasteiger partial charge on any atom is -0.394 e. The zero-order valence-corrected chi connectivity index (χ0v) is 5.96. The Bertz CT molecular complexity index is 79.1. The summed E-state index contributed by atoms with van der Waals surface area (Å²) < 4.78 is 0. The molecule has 3 heteroatoms. The van der Waals surface area contributed by atoms with Crippen molar-refractivity contribution in [2.45, 2.75) is 19.4 Å². The Balaban J connectivity index is 3.92. The minimum atomic E-state index is -0.806. The smallest absolute Gasteiger partial charge is 0.0646 e. The molecule has 0 spiro atoms. The van der Waals surface area contributed by atoms with Gasteiger partial charge in [0.1, 0.15) is 0 Å². The van der Waals surface area contributed by atoms with Crippen molar-refractivity contribution in [2.75, 3.05) is 13.2 Å². The first-order valence-electron chi connectivity index (χ1n) is 3.07. The van der Waals surface area contributed by atoms with E-state index in [1.807, 2.05) is 13.8 Å². The van der Waals surface area contributed by atoms with Gasteiger partial charge in [-0.25, -0.2) is 0 Å². The maximum Gasteiger partial charge on any atom is 0.0646 e. The highest BCUT2D eigenvalue weighted by molar-refractivity contribution is 4.85. The summed E-state index contributed by atoms with van der Waals surface area (Å²) in [7, 11) is 0. The molecule has 0 saturated carbocycles. The highest BCUT2D eigenvalue weighted by atomic mass is 16.3. The first-order valence-corrected chi connectivity index (χ1v) is 3.07. The van der Waals surface area contributed by atoms with Gasteiger partial charge in [-0.05, 0) is 5.92 Å². The normalized spacial score (nSPS) is 12.7. The van der Waals surface area contributed by atoms with Gasteiger partial charge in [0.25, 0.3) is 0 Å². The molecule has 9 heavy (non-hydrogen) atoms. The zero-order chi connectivity index (χ0) is 7.49. The molecule has 4 N–H and O–H groups in total. The summed E-state index contributed by atoms with van der Waals surface area (Å²) in [5.74, 6) is 0.104. The third-order valence-electron chi connectivity index (χ3n) is 1.74. The Kier molecular flexibility index (Phi) is 3.11. The molecule has 56 valence electrons. The Labute approximate surface area is 55.5 Å². The van der Waals surface area contributed by atoms with E-state index in [2.05, 4.69) is 0 Å². The van der Waals surface area contributed by atoms with Crippen LogP contribution in [0.25, 0.3) is 0 Å². The van der Waals surface area contributed by atoms with E-state index >= 15 is 0 Å². The van der Waals surface area contributed by atoms with Crippen LogP contribution in [-0.2, 0) is 0 Å². The van der Waals surface area contributed by atoms with E-state index in [0.29, 0.717) is 0 Å². The fraction of sp³-hybridized carbons (Fsp3) is 1.00. The summed E-state index contributed by atoms with van der Waals surface area (Å²) >= 11 is 0. The first-order chi connectivity index (χ1) is 4.06. The van der Waals surface area contributed by atoms with Gasteiger partial charge < -0.3 is 15.9 Å². The Morgan fingerprint density at radius 1 is 1.33 bits per heavy atom. The number of nitrogens with two attached hydrogens (primary N) is 1. The molecule has 0 atom stereocenters. The second-order valence-electron chi connectivity index (χ2n) is 2.70. The van der Waals surface area contributed by atoms with Gasteiger partial charge in [0.15, 0.2) is 0 Å². The Morgan fingerprint density at radius 2 is 1.67 bits per heavy atom. The van der Waals surface area contributed by atoms with Gasteiger partial charge in [-0.1, -0.05) is 13.8 Å². The van der Waals surface area contributed by atoms with E-state index in [-0.39, 0.29) is 19.1 Å². The molecule has 0 saturated heterocycles. The first kappa shape index (κ1) is 8.88. The molecule has 0 amide bonds. The van der Waals surface area contributed by atoms with Crippen molar-refractivity contribution in [3.63, 3.8) is 0 Å². The predicted octanol–water partition coefficient (Wildman–Crippen LogP) is -0.676. The van der Waals surface area contributed by atoms with Gasteiger partial charge in [-0.3, -0.25) is 0 Å². The quantitative estimate of drug-likeness (QED) is 0.478. The number of aliphatic hydroxyl groups excluding tert-OH is 2. The van der Waals surface area contributed by atoms with Crippen molar-refractivity contribution in [1.29, 1.82) is 0 Å². The van der Waals surface area contributed by atoms with Crippen LogP contribution >= 0.6 is 0 Å². The molecule has 0 radical (unpaired) electrons. The highest BCUT2D eigenvalue weighted by Gasteiger charge is 2.26. The molecule has 0 aliphatic heterocycles. The van der Waals surface area contributed by atoms with Gasteiger partial charge in [-0.2, -0.15) is 0 Å². The molecule has 0 aromatic heterocycles. The molecular formula is C6H15NO2. The Hall–Kier alpha value is -0.120. The van der Waals surface area contributed by atoms with Crippen LogP contribution in [0.5, 0.6) is 0 Å². The SMILES string of the molecule is CC(C)C(N)(CO)CO. The van der Waals surface area contributed by atoms with E-state index in [1.165, 1.54) is 0 Å². The fourth-order valence-corrected chi connectivity index (χ4v) is 0.415. The van der Waals surface area contributed by atoms with Crippen molar-refractivity contribution in [1.82, 2.24) is 0 Å². The Morgan fingerprint density at radius 3 is 1.67 bits per heavy atom. The minimum absolute atomic E-state index is 0.104. The lowest BCUT2D eigenvalue weighted by Crippen LogP contribution is -2.51. The third kappa shape index (κ3) is 1.93. The molecule has 0 fully saturated rings. The van der Waals surface area contributed by atoms with Gasteiger partial charge >= 0.3 is 0 Å².